The quantitative estimate of drug-likeness (QED) is 0.733. The second-order valence-electron chi connectivity index (χ2n) is 10.6. The second-order valence-corrected chi connectivity index (χ2v) is 10.6. The van der Waals surface area contributed by atoms with Crippen molar-refractivity contribution in [2.45, 2.75) is 66.2 Å². The number of dihydropyridines is 1. The van der Waals surface area contributed by atoms with Gasteiger partial charge in [-0.15, -0.1) is 0 Å². The summed E-state index contributed by atoms with van der Waals surface area (Å²) in [5.41, 5.74) is 4.15. The molecule has 0 saturated heterocycles. The van der Waals surface area contributed by atoms with Gasteiger partial charge >= 0.3 is 0 Å². The highest BCUT2D eigenvalue weighted by Crippen LogP contribution is 2.51. The van der Waals surface area contributed by atoms with Gasteiger partial charge < -0.3 is 14.8 Å². The molecule has 0 saturated carbocycles. The number of ketones is 2. The molecule has 5 nitrogen and oxygen atoms in total. The maximum Gasteiger partial charge on any atom is 0.162 e. The predicted octanol–water partition coefficient (Wildman–Crippen LogP) is 5.07. The molecule has 0 bridgehead atoms. The monoisotopic (exact) mass is 423 g/mol. The van der Waals surface area contributed by atoms with Crippen LogP contribution in [0.4, 0.5) is 0 Å². The third-order valence-corrected chi connectivity index (χ3v) is 6.54. The minimum absolute atomic E-state index is 0.101. The number of Topliss-reactive ketones (excluding diaryl/α,β-unsaturated/α-hetero) is 2. The number of ether oxygens (including phenoxy) is 2. The van der Waals surface area contributed by atoms with E-state index in [-0.39, 0.29) is 28.3 Å². The summed E-state index contributed by atoms with van der Waals surface area (Å²) in [7, 11) is 1.61. The van der Waals surface area contributed by atoms with Gasteiger partial charge in [0.1, 0.15) is 0 Å². The third kappa shape index (κ3) is 3.90. The summed E-state index contributed by atoms with van der Waals surface area (Å²) in [6.45, 7) is 11.0. The topological polar surface area (TPSA) is 64.6 Å². The summed E-state index contributed by atoms with van der Waals surface area (Å²) in [4.78, 5) is 26.7. The van der Waals surface area contributed by atoms with Gasteiger partial charge in [0.2, 0.25) is 0 Å². The minimum atomic E-state index is -0.358. The van der Waals surface area contributed by atoms with Crippen molar-refractivity contribution in [3.63, 3.8) is 0 Å². The van der Waals surface area contributed by atoms with E-state index < -0.39 is 0 Å². The van der Waals surface area contributed by atoms with Gasteiger partial charge in [-0.3, -0.25) is 9.59 Å². The smallest absolute Gasteiger partial charge is 0.162 e. The molecule has 0 unspecified atom stereocenters. The van der Waals surface area contributed by atoms with Crippen molar-refractivity contribution in [3.05, 3.63) is 46.3 Å². The summed E-state index contributed by atoms with van der Waals surface area (Å²) in [5, 5.41) is 3.55. The van der Waals surface area contributed by atoms with E-state index in [0.717, 1.165) is 40.9 Å². The number of hydrogen-bond donors (Lipinski definition) is 1. The van der Waals surface area contributed by atoms with Crippen LogP contribution in [0.1, 0.15) is 71.8 Å². The van der Waals surface area contributed by atoms with Gasteiger partial charge in [0.15, 0.2) is 23.1 Å². The lowest BCUT2D eigenvalue weighted by Crippen LogP contribution is -2.42. The predicted molar refractivity (Wildman–Crippen MR) is 120 cm³/mol. The van der Waals surface area contributed by atoms with Crippen molar-refractivity contribution >= 4 is 11.6 Å². The van der Waals surface area contributed by atoms with Crippen LogP contribution >= 0.6 is 0 Å². The van der Waals surface area contributed by atoms with E-state index in [4.69, 9.17) is 9.47 Å². The first-order chi connectivity index (χ1) is 14.5. The van der Waals surface area contributed by atoms with E-state index in [9.17, 15) is 9.59 Å². The van der Waals surface area contributed by atoms with Crippen molar-refractivity contribution in [1.82, 2.24) is 5.32 Å². The Morgan fingerprint density at radius 1 is 0.903 bits per heavy atom. The lowest BCUT2D eigenvalue weighted by atomic mass is 9.64. The van der Waals surface area contributed by atoms with Gasteiger partial charge in [-0.25, -0.2) is 0 Å². The molecule has 2 aliphatic carbocycles. The third-order valence-electron chi connectivity index (χ3n) is 6.54. The fraction of sp³-hybridized carbons (Fsp3) is 0.538. The molecule has 31 heavy (non-hydrogen) atoms. The highest BCUT2D eigenvalue weighted by atomic mass is 16.5. The van der Waals surface area contributed by atoms with Gasteiger partial charge in [0.25, 0.3) is 0 Å². The molecule has 4 rings (SSSR count). The van der Waals surface area contributed by atoms with Gasteiger partial charge in [0.05, 0.1) is 13.7 Å². The number of methoxy groups -OCH3 is 1. The van der Waals surface area contributed by atoms with E-state index in [1.807, 2.05) is 25.1 Å². The molecule has 0 radical (unpaired) electrons. The van der Waals surface area contributed by atoms with Crippen LogP contribution in [0.15, 0.2) is 40.7 Å². The van der Waals surface area contributed by atoms with Crippen LogP contribution in [0, 0.1) is 10.8 Å². The Morgan fingerprint density at radius 3 is 1.94 bits per heavy atom. The number of nitrogens with one attached hydrogen (secondary N) is 1. The lowest BCUT2D eigenvalue weighted by Gasteiger charge is -2.44. The van der Waals surface area contributed by atoms with Crippen LogP contribution in [0.3, 0.4) is 0 Å². The SMILES string of the molecule is CCOc1ccc(C2C3=C(CC(C)(C)CC3=O)NC3=C2C(=O)CC(C)(C)C3)cc1OC. The van der Waals surface area contributed by atoms with E-state index in [2.05, 4.69) is 33.0 Å². The molecule has 0 spiro atoms. The van der Waals surface area contributed by atoms with Crippen molar-refractivity contribution < 1.29 is 19.1 Å². The number of benzene rings is 1. The number of carbonyl (C=O) groups is 2. The summed E-state index contributed by atoms with van der Waals surface area (Å²) >= 11 is 0. The molecule has 1 N–H and O–H groups in total. The molecule has 0 atom stereocenters. The van der Waals surface area contributed by atoms with Gasteiger partial charge in [-0.2, -0.15) is 0 Å². The number of rotatable bonds is 4. The average Bonchev–Trinajstić information content (AvgIpc) is 2.65. The van der Waals surface area contributed by atoms with Crippen molar-refractivity contribution in [2.75, 3.05) is 13.7 Å². The first-order valence-electron chi connectivity index (χ1n) is 11.2. The molecule has 0 aromatic heterocycles. The molecular weight excluding hydrogens is 390 g/mol. The Morgan fingerprint density at radius 2 is 1.45 bits per heavy atom. The van der Waals surface area contributed by atoms with Crippen LogP contribution in [0.5, 0.6) is 11.5 Å². The molecule has 3 aliphatic rings. The summed E-state index contributed by atoms with van der Waals surface area (Å²) in [5.74, 6) is 1.18. The van der Waals surface area contributed by atoms with Crippen molar-refractivity contribution in [1.29, 1.82) is 0 Å². The van der Waals surface area contributed by atoms with Crippen LogP contribution in [-0.4, -0.2) is 25.3 Å². The van der Waals surface area contributed by atoms with E-state index >= 15 is 0 Å². The first-order valence-corrected chi connectivity index (χ1v) is 11.2. The Kier molecular flexibility index (Phi) is 5.27. The Balaban J connectivity index is 1.90. The number of hydrogen-bond acceptors (Lipinski definition) is 5. The average molecular weight is 424 g/mol. The standard InChI is InChI=1S/C26H33NO4/c1-7-31-20-9-8-15(10-21(20)30-6)22-23-16(11-25(2,3)13-18(23)28)27-17-12-26(4,5)14-19(29)24(17)22/h8-10,22,27H,7,11-14H2,1-6H3. The Labute approximate surface area is 184 Å². The van der Waals surface area contributed by atoms with E-state index in [1.165, 1.54) is 0 Å². The molecule has 1 aromatic carbocycles. The van der Waals surface area contributed by atoms with Gasteiger partial charge in [-0.1, -0.05) is 33.8 Å². The lowest BCUT2D eigenvalue weighted by molar-refractivity contribution is -0.119. The van der Waals surface area contributed by atoms with Gasteiger partial charge in [0, 0.05) is 41.3 Å². The molecule has 0 amide bonds. The zero-order chi connectivity index (χ0) is 22.6. The Hall–Kier alpha value is -2.56. The molecule has 166 valence electrons. The largest absolute Gasteiger partial charge is 0.493 e. The molecular formula is C26H33NO4. The van der Waals surface area contributed by atoms with E-state index in [0.29, 0.717) is 30.9 Å². The zero-order valence-electron chi connectivity index (χ0n) is 19.5. The Bertz CT molecular complexity index is 960. The fourth-order valence-electron chi connectivity index (χ4n) is 5.36. The molecule has 5 heteroatoms. The molecule has 0 fully saturated rings. The van der Waals surface area contributed by atoms with Crippen LogP contribution in [0.2, 0.25) is 0 Å². The summed E-state index contributed by atoms with van der Waals surface area (Å²) in [6, 6.07) is 5.78. The summed E-state index contributed by atoms with van der Waals surface area (Å²) in [6.07, 6.45) is 2.56. The van der Waals surface area contributed by atoms with Crippen molar-refractivity contribution in [2.24, 2.45) is 10.8 Å². The highest BCUT2D eigenvalue weighted by molar-refractivity contribution is 6.06. The minimum Gasteiger partial charge on any atom is -0.493 e. The maximum absolute atomic E-state index is 13.4. The molecule has 1 aliphatic heterocycles. The fourth-order valence-corrected chi connectivity index (χ4v) is 5.36. The second kappa shape index (κ2) is 7.54. The molecule has 1 aromatic rings. The first kappa shape index (κ1) is 21.7. The normalized spacial score (nSPS) is 22.6. The maximum atomic E-state index is 13.4. The van der Waals surface area contributed by atoms with E-state index in [1.54, 1.807) is 7.11 Å². The highest BCUT2D eigenvalue weighted by Gasteiger charge is 2.46. The van der Waals surface area contributed by atoms with Crippen LogP contribution < -0.4 is 14.8 Å². The van der Waals surface area contributed by atoms with Crippen LogP contribution in [0.25, 0.3) is 0 Å². The zero-order valence-corrected chi connectivity index (χ0v) is 19.5. The number of allylic oxidation sites excluding steroid dienone is 4. The summed E-state index contributed by atoms with van der Waals surface area (Å²) < 4.78 is 11.3. The van der Waals surface area contributed by atoms with Crippen LogP contribution in [-0.2, 0) is 9.59 Å². The molecule has 1 heterocycles. The van der Waals surface area contributed by atoms with Crippen molar-refractivity contribution in [3.8, 4) is 11.5 Å². The van der Waals surface area contributed by atoms with Gasteiger partial charge in [-0.05, 0) is 48.3 Å². The number of carbonyl (C=O) groups excluding carboxylic acids is 2.